The average molecular weight is 578 g/mol. The molecular weight excluding hydrogens is 544 g/mol. The van der Waals surface area contributed by atoms with Crippen LogP contribution in [0.15, 0.2) is 59.0 Å². The average Bonchev–Trinajstić information content (AvgIpc) is 3.70. The number of hydrogen-bond donors (Lipinski definition) is 1. The summed E-state index contributed by atoms with van der Waals surface area (Å²) in [5.41, 5.74) is 0.910. The molecule has 2 aliphatic rings. The van der Waals surface area contributed by atoms with Crippen molar-refractivity contribution >= 4 is 45.3 Å². The topological polar surface area (TPSA) is 93.9 Å². The van der Waals surface area contributed by atoms with Gasteiger partial charge < -0.3 is 19.2 Å². The molecule has 3 aromatic carbocycles. The quantitative estimate of drug-likeness (QED) is 0.179. The van der Waals surface area contributed by atoms with E-state index >= 15 is 8.78 Å². The van der Waals surface area contributed by atoms with Crippen molar-refractivity contribution in [1.29, 1.82) is 0 Å². The lowest BCUT2D eigenvalue weighted by Crippen LogP contribution is -2.54. The number of rotatable bonds is 9. The van der Waals surface area contributed by atoms with Gasteiger partial charge in [0, 0.05) is 24.9 Å². The number of ether oxygens (including phenoxy) is 2. The summed E-state index contributed by atoms with van der Waals surface area (Å²) in [6.07, 6.45) is 2.27. The molecule has 1 aliphatic carbocycles. The van der Waals surface area contributed by atoms with Crippen LogP contribution < -0.4 is 5.32 Å². The number of anilines is 2. The molecule has 1 N–H and O–H groups in total. The summed E-state index contributed by atoms with van der Waals surface area (Å²) < 4.78 is 48.7. The standard InChI is InChI=1S/C32H33F2N3O5/c1-40-30(39)21-11-14-23(15-12-21)42-32(34,37-17-4-5-18-37)27(38)19-22-13-16-26-29(28(22)33)41-31(36-26)35-25-10-6-8-20-7-2-3-9-24(20)25/h2-3,6-10,13,16,21,23H,4-5,11-12,14-15,17-19H2,1H3,(H,35,36)/t21-,23-,32?. The Morgan fingerprint density at radius 2 is 1.79 bits per heavy atom. The summed E-state index contributed by atoms with van der Waals surface area (Å²) in [5, 5.41) is 5.10. The zero-order chi connectivity index (χ0) is 29.3. The highest BCUT2D eigenvalue weighted by Gasteiger charge is 2.49. The summed E-state index contributed by atoms with van der Waals surface area (Å²) in [4.78, 5) is 31.2. The third-order valence-corrected chi connectivity index (χ3v) is 8.35. The second kappa shape index (κ2) is 11.8. The van der Waals surface area contributed by atoms with Crippen molar-refractivity contribution in [1.82, 2.24) is 9.88 Å². The number of halogens is 2. The number of methoxy groups -OCH3 is 1. The van der Waals surface area contributed by atoms with Gasteiger partial charge >= 0.3 is 11.9 Å². The van der Waals surface area contributed by atoms with E-state index in [1.807, 2.05) is 42.5 Å². The van der Waals surface area contributed by atoms with Crippen LogP contribution in [0, 0.1) is 11.7 Å². The molecule has 0 radical (unpaired) electrons. The molecule has 6 rings (SSSR count). The number of carbonyl (C=O) groups excluding carboxylic acids is 2. The van der Waals surface area contributed by atoms with E-state index in [1.165, 1.54) is 18.1 Å². The molecule has 0 amide bonds. The minimum atomic E-state index is -2.69. The van der Waals surface area contributed by atoms with Crippen LogP contribution in [0.25, 0.3) is 21.9 Å². The Balaban J connectivity index is 1.21. The highest BCUT2D eigenvalue weighted by molar-refractivity contribution is 5.95. The fourth-order valence-corrected chi connectivity index (χ4v) is 6.05. The molecule has 8 nitrogen and oxygen atoms in total. The Morgan fingerprint density at radius 1 is 1.05 bits per heavy atom. The number of esters is 1. The highest BCUT2D eigenvalue weighted by atomic mass is 19.2. The maximum Gasteiger partial charge on any atom is 0.330 e. The number of nitrogens with one attached hydrogen (secondary N) is 1. The lowest BCUT2D eigenvalue weighted by Gasteiger charge is -2.37. The van der Waals surface area contributed by atoms with E-state index in [1.54, 1.807) is 6.07 Å². The Bertz CT molecular complexity index is 1610. The summed E-state index contributed by atoms with van der Waals surface area (Å²) in [6, 6.07) is 16.7. The first-order valence-electron chi connectivity index (χ1n) is 14.4. The molecule has 10 heteroatoms. The summed E-state index contributed by atoms with van der Waals surface area (Å²) >= 11 is 0. The van der Waals surface area contributed by atoms with Crippen LogP contribution in [-0.2, 0) is 25.5 Å². The SMILES string of the molecule is COC(=O)[C@H]1CC[C@H](OC(F)(C(=O)Cc2ccc3nc(Nc4cccc5ccccc45)oc3c2F)N2CCCC2)CC1. The predicted octanol–water partition coefficient (Wildman–Crippen LogP) is 6.44. The van der Waals surface area contributed by atoms with Gasteiger partial charge in [-0.15, -0.1) is 0 Å². The van der Waals surface area contributed by atoms with Crippen LogP contribution >= 0.6 is 0 Å². The smallest absolute Gasteiger partial charge is 0.330 e. The lowest BCUT2D eigenvalue weighted by atomic mass is 9.87. The van der Waals surface area contributed by atoms with Crippen molar-refractivity contribution in [2.45, 2.75) is 57.0 Å². The number of fused-ring (bicyclic) bond motifs is 2. The minimum absolute atomic E-state index is 0.000387. The molecule has 2 fully saturated rings. The Kier molecular flexibility index (Phi) is 7.92. The fraction of sp³-hybridized carbons (Fsp3) is 0.406. The molecule has 1 saturated heterocycles. The molecule has 4 aromatic rings. The van der Waals surface area contributed by atoms with Gasteiger partial charge in [0.05, 0.1) is 24.8 Å². The number of aromatic nitrogens is 1. The molecule has 1 saturated carbocycles. The largest absolute Gasteiger partial charge is 0.469 e. The maximum absolute atomic E-state index is 16.6. The first kappa shape index (κ1) is 28.2. The van der Waals surface area contributed by atoms with Crippen molar-refractivity contribution in [2.75, 3.05) is 25.5 Å². The van der Waals surface area contributed by atoms with E-state index in [0.717, 1.165) is 29.3 Å². The van der Waals surface area contributed by atoms with Crippen molar-refractivity contribution < 1.29 is 32.3 Å². The van der Waals surface area contributed by atoms with Gasteiger partial charge in [-0.1, -0.05) is 42.5 Å². The van der Waals surface area contributed by atoms with Crippen LogP contribution in [0.5, 0.6) is 0 Å². The van der Waals surface area contributed by atoms with Gasteiger partial charge in [-0.3, -0.25) is 9.59 Å². The van der Waals surface area contributed by atoms with Gasteiger partial charge in [0.25, 0.3) is 6.01 Å². The van der Waals surface area contributed by atoms with E-state index in [9.17, 15) is 9.59 Å². The Morgan fingerprint density at radius 3 is 2.55 bits per heavy atom. The van der Waals surface area contributed by atoms with Crippen LogP contribution in [0.2, 0.25) is 0 Å². The van der Waals surface area contributed by atoms with Crippen molar-refractivity contribution in [3.8, 4) is 0 Å². The van der Waals surface area contributed by atoms with Crippen molar-refractivity contribution in [3.05, 3.63) is 66.0 Å². The van der Waals surface area contributed by atoms with E-state index in [0.29, 0.717) is 38.8 Å². The third kappa shape index (κ3) is 5.48. The van der Waals surface area contributed by atoms with Crippen LogP contribution in [0.4, 0.5) is 20.5 Å². The molecule has 1 unspecified atom stereocenters. The van der Waals surface area contributed by atoms with Crippen molar-refractivity contribution in [3.63, 3.8) is 0 Å². The molecule has 0 bridgehead atoms. The Labute approximate surface area is 242 Å². The number of Topliss-reactive ketones (excluding diaryl/α,β-unsaturated/α-hetero) is 1. The van der Waals surface area contributed by atoms with E-state index in [-0.39, 0.29) is 34.6 Å². The van der Waals surface area contributed by atoms with E-state index in [2.05, 4.69) is 10.3 Å². The van der Waals surface area contributed by atoms with Crippen LogP contribution in [-0.4, -0.2) is 53.9 Å². The second-order valence-electron chi connectivity index (χ2n) is 11.0. The van der Waals surface area contributed by atoms with Gasteiger partial charge in [0.2, 0.25) is 5.78 Å². The van der Waals surface area contributed by atoms with Gasteiger partial charge in [-0.2, -0.15) is 9.37 Å². The second-order valence-corrected chi connectivity index (χ2v) is 11.0. The molecule has 42 heavy (non-hydrogen) atoms. The number of benzene rings is 3. The zero-order valence-corrected chi connectivity index (χ0v) is 23.4. The van der Waals surface area contributed by atoms with Gasteiger partial charge in [-0.05, 0) is 61.6 Å². The number of likely N-dealkylation sites (tertiary alicyclic amines) is 1. The minimum Gasteiger partial charge on any atom is -0.469 e. The molecule has 1 atom stereocenters. The molecular formula is C32H33F2N3O5. The fourth-order valence-electron chi connectivity index (χ4n) is 6.05. The molecule has 1 aromatic heterocycles. The van der Waals surface area contributed by atoms with Gasteiger partial charge in [-0.25, -0.2) is 9.29 Å². The van der Waals surface area contributed by atoms with Gasteiger partial charge in [0.15, 0.2) is 11.4 Å². The molecule has 1 aliphatic heterocycles. The third-order valence-electron chi connectivity index (χ3n) is 8.35. The van der Waals surface area contributed by atoms with E-state index < -0.39 is 30.1 Å². The zero-order valence-electron chi connectivity index (χ0n) is 23.4. The number of carbonyl (C=O) groups is 2. The summed E-state index contributed by atoms with van der Waals surface area (Å²) in [5.74, 6) is -4.87. The number of ketones is 1. The number of oxazole rings is 1. The molecule has 0 spiro atoms. The monoisotopic (exact) mass is 577 g/mol. The summed E-state index contributed by atoms with van der Waals surface area (Å²) in [7, 11) is 1.35. The maximum atomic E-state index is 16.6. The number of nitrogens with zero attached hydrogens (tertiary/aromatic N) is 2. The van der Waals surface area contributed by atoms with Crippen LogP contribution in [0.3, 0.4) is 0 Å². The number of hydrogen-bond acceptors (Lipinski definition) is 8. The first-order valence-corrected chi connectivity index (χ1v) is 14.4. The Hall–Kier alpha value is -3.89. The molecule has 2 heterocycles. The highest BCUT2D eigenvalue weighted by Crippen LogP contribution is 2.36. The first-order chi connectivity index (χ1) is 20.4. The lowest BCUT2D eigenvalue weighted by molar-refractivity contribution is -0.252. The molecule has 220 valence electrons. The normalized spacial score (nSPS) is 20.9. The predicted molar refractivity (Wildman–Crippen MR) is 153 cm³/mol. The van der Waals surface area contributed by atoms with Crippen molar-refractivity contribution in [2.24, 2.45) is 5.92 Å². The van der Waals surface area contributed by atoms with Gasteiger partial charge in [0.1, 0.15) is 5.52 Å². The summed E-state index contributed by atoms with van der Waals surface area (Å²) in [6.45, 7) is 0.735. The van der Waals surface area contributed by atoms with E-state index in [4.69, 9.17) is 13.9 Å². The number of alkyl halides is 1. The van der Waals surface area contributed by atoms with Crippen LogP contribution in [0.1, 0.15) is 44.1 Å².